The van der Waals surface area contributed by atoms with E-state index in [0.717, 1.165) is 29.6 Å². The standard InChI is InChI=1S/C24H36FNO/c1-8-9-17(6)26-22(15(2)3)14-21(19-10-12-20(25)13-11-19)23(18(7)27)24(26)16(4)5/h10-18,22,27H,8-9H2,1-7H3. The second-order valence-electron chi connectivity index (χ2n) is 8.50. The number of nitrogens with zero attached hydrogens (tertiary/aromatic N) is 1. The van der Waals surface area contributed by atoms with Crippen LogP contribution >= 0.6 is 0 Å². The van der Waals surface area contributed by atoms with Gasteiger partial charge in [0.1, 0.15) is 5.82 Å². The number of aliphatic hydroxyl groups excluding tert-OH is 1. The molecule has 2 nitrogen and oxygen atoms in total. The minimum atomic E-state index is -0.580. The highest BCUT2D eigenvalue weighted by Gasteiger charge is 2.36. The van der Waals surface area contributed by atoms with E-state index in [1.54, 1.807) is 0 Å². The maximum absolute atomic E-state index is 13.5. The maximum Gasteiger partial charge on any atom is 0.123 e. The molecule has 3 atom stereocenters. The molecule has 0 fully saturated rings. The van der Waals surface area contributed by atoms with Crippen molar-refractivity contribution in [3.8, 4) is 0 Å². The fraction of sp³-hybridized carbons (Fsp3) is 0.583. The Kier molecular flexibility index (Phi) is 7.27. The Morgan fingerprint density at radius 3 is 2.07 bits per heavy atom. The second-order valence-corrected chi connectivity index (χ2v) is 8.50. The number of benzene rings is 1. The number of rotatable bonds is 7. The lowest BCUT2D eigenvalue weighted by Crippen LogP contribution is -2.47. The van der Waals surface area contributed by atoms with E-state index in [-0.39, 0.29) is 11.9 Å². The molecular formula is C24H36FNO. The van der Waals surface area contributed by atoms with E-state index in [1.807, 2.05) is 19.1 Å². The van der Waals surface area contributed by atoms with Crippen molar-refractivity contribution in [3.63, 3.8) is 0 Å². The fourth-order valence-corrected chi connectivity index (χ4v) is 4.31. The van der Waals surface area contributed by atoms with E-state index in [9.17, 15) is 9.50 Å². The van der Waals surface area contributed by atoms with Crippen LogP contribution in [0.1, 0.15) is 66.9 Å². The van der Waals surface area contributed by atoms with E-state index in [1.165, 1.54) is 17.8 Å². The average molecular weight is 374 g/mol. The summed E-state index contributed by atoms with van der Waals surface area (Å²) in [7, 11) is 0. The summed E-state index contributed by atoms with van der Waals surface area (Å²) < 4.78 is 13.5. The van der Waals surface area contributed by atoms with Crippen molar-refractivity contribution >= 4 is 5.57 Å². The largest absolute Gasteiger partial charge is 0.389 e. The van der Waals surface area contributed by atoms with Crippen molar-refractivity contribution in [1.29, 1.82) is 0 Å². The van der Waals surface area contributed by atoms with Crippen LogP contribution in [0, 0.1) is 17.7 Å². The van der Waals surface area contributed by atoms with E-state index < -0.39 is 6.10 Å². The minimum absolute atomic E-state index is 0.236. The van der Waals surface area contributed by atoms with Crippen LogP contribution < -0.4 is 0 Å². The number of allylic oxidation sites excluding steroid dienone is 1. The summed E-state index contributed by atoms with van der Waals surface area (Å²) in [5.41, 5.74) is 4.23. The van der Waals surface area contributed by atoms with Gasteiger partial charge in [0.25, 0.3) is 0 Å². The molecule has 0 amide bonds. The van der Waals surface area contributed by atoms with Crippen LogP contribution in [0.3, 0.4) is 0 Å². The summed E-state index contributed by atoms with van der Waals surface area (Å²) >= 11 is 0. The van der Waals surface area contributed by atoms with E-state index in [4.69, 9.17) is 0 Å². The van der Waals surface area contributed by atoms with Gasteiger partial charge in [0.2, 0.25) is 0 Å². The second kappa shape index (κ2) is 9.05. The first kappa shape index (κ1) is 21.7. The molecule has 1 aliphatic heterocycles. The minimum Gasteiger partial charge on any atom is -0.389 e. The molecule has 27 heavy (non-hydrogen) atoms. The first-order chi connectivity index (χ1) is 12.7. The van der Waals surface area contributed by atoms with Crippen molar-refractivity contribution in [2.45, 2.75) is 79.5 Å². The Labute approximate surface area is 164 Å². The summed E-state index contributed by atoms with van der Waals surface area (Å²) in [4.78, 5) is 2.54. The molecule has 0 spiro atoms. The van der Waals surface area contributed by atoms with Gasteiger partial charge in [0, 0.05) is 17.3 Å². The highest BCUT2D eigenvalue weighted by Crippen LogP contribution is 2.41. The van der Waals surface area contributed by atoms with Gasteiger partial charge in [0.05, 0.1) is 12.1 Å². The molecule has 150 valence electrons. The third kappa shape index (κ3) is 4.63. The normalized spacial score (nSPS) is 20.3. The van der Waals surface area contributed by atoms with Gasteiger partial charge in [-0.3, -0.25) is 0 Å². The lowest BCUT2D eigenvalue weighted by molar-refractivity contribution is 0.149. The number of hydrogen-bond acceptors (Lipinski definition) is 2. The molecule has 1 aromatic carbocycles. The zero-order chi connectivity index (χ0) is 20.3. The Hall–Kier alpha value is -1.61. The van der Waals surface area contributed by atoms with E-state index in [0.29, 0.717) is 17.9 Å². The van der Waals surface area contributed by atoms with Crippen molar-refractivity contribution < 1.29 is 9.50 Å². The van der Waals surface area contributed by atoms with Crippen LogP contribution in [0.5, 0.6) is 0 Å². The summed E-state index contributed by atoms with van der Waals surface area (Å²) in [6.45, 7) is 15.3. The topological polar surface area (TPSA) is 23.5 Å². The lowest BCUT2D eigenvalue weighted by atomic mass is 9.81. The van der Waals surface area contributed by atoms with Crippen LogP contribution in [0.15, 0.2) is 41.6 Å². The number of halogens is 1. The van der Waals surface area contributed by atoms with Gasteiger partial charge in [-0.25, -0.2) is 4.39 Å². The van der Waals surface area contributed by atoms with Gasteiger partial charge in [-0.2, -0.15) is 0 Å². The van der Waals surface area contributed by atoms with Crippen LogP contribution in [-0.2, 0) is 0 Å². The molecule has 0 bridgehead atoms. The third-order valence-corrected chi connectivity index (χ3v) is 5.49. The summed E-state index contributed by atoms with van der Waals surface area (Å²) in [5, 5.41) is 10.7. The molecule has 0 saturated carbocycles. The molecule has 1 aliphatic rings. The van der Waals surface area contributed by atoms with Crippen molar-refractivity contribution in [2.75, 3.05) is 0 Å². The molecule has 1 heterocycles. The van der Waals surface area contributed by atoms with Gasteiger partial charge in [-0.15, -0.1) is 0 Å². The van der Waals surface area contributed by atoms with Gasteiger partial charge in [0.15, 0.2) is 0 Å². The number of hydrogen-bond donors (Lipinski definition) is 1. The van der Waals surface area contributed by atoms with E-state index >= 15 is 0 Å². The SMILES string of the molecule is CCCC(C)N1C(C(C)C)=C(C(C)O)C(c2ccc(F)cc2)=CC1C(C)C. The molecule has 1 N–H and O–H groups in total. The third-order valence-electron chi connectivity index (χ3n) is 5.49. The smallest absolute Gasteiger partial charge is 0.123 e. The zero-order valence-electron chi connectivity index (χ0n) is 18.0. The van der Waals surface area contributed by atoms with Crippen molar-refractivity contribution in [1.82, 2.24) is 4.90 Å². The molecule has 0 aromatic heterocycles. The molecule has 3 heteroatoms. The van der Waals surface area contributed by atoms with Gasteiger partial charge < -0.3 is 10.0 Å². The van der Waals surface area contributed by atoms with Crippen LogP contribution in [0.2, 0.25) is 0 Å². The molecule has 2 rings (SSSR count). The lowest BCUT2D eigenvalue weighted by Gasteiger charge is -2.47. The Morgan fingerprint density at radius 1 is 1.04 bits per heavy atom. The summed E-state index contributed by atoms with van der Waals surface area (Å²) in [5.74, 6) is 0.490. The molecular weight excluding hydrogens is 337 g/mol. The van der Waals surface area contributed by atoms with Crippen LogP contribution in [-0.4, -0.2) is 28.2 Å². The highest BCUT2D eigenvalue weighted by molar-refractivity contribution is 5.82. The quantitative estimate of drug-likeness (QED) is 0.631. The Morgan fingerprint density at radius 2 is 1.63 bits per heavy atom. The highest BCUT2D eigenvalue weighted by atomic mass is 19.1. The molecule has 0 saturated heterocycles. The monoisotopic (exact) mass is 373 g/mol. The molecule has 0 aliphatic carbocycles. The first-order valence-corrected chi connectivity index (χ1v) is 10.4. The molecule has 3 unspecified atom stereocenters. The van der Waals surface area contributed by atoms with E-state index in [2.05, 4.69) is 52.5 Å². The van der Waals surface area contributed by atoms with Crippen LogP contribution in [0.4, 0.5) is 4.39 Å². The Balaban J connectivity index is 2.71. The van der Waals surface area contributed by atoms with Crippen molar-refractivity contribution in [3.05, 3.63) is 53.0 Å². The first-order valence-electron chi connectivity index (χ1n) is 10.4. The van der Waals surface area contributed by atoms with Crippen LogP contribution in [0.25, 0.3) is 5.57 Å². The summed E-state index contributed by atoms with van der Waals surface area (Å²) in [6.07, 6.45) is 3.96. The molecule has 0 radical (unpaired) electrons. The fourth-order valence-electron chi connectivity index (χ4n) is 4.31. The predicted molar refractivity (Wildman–Crippen MR) is 113 cm³/mol. The Bertz CT molecular complexity index is 685. The predicted octanol–water partition coefficient (Wildman–Crippen LogP) is 6.03. The van der Waals surface area contributed by atoms with Gasteiger partial charge >= 0.3 is 0 Å². The number of aliphatic hydroxyl groups is 1. The average Bonchev–Trinajstić information content (AvgIpc) is 2.60. The molecule has 1 aromatic rings. The van der Waals surface area contributed by atoms with Gasteiger partial charge in [-0.1, -0.05) is 59.2 Å². The van der Waals surface area contributed by atoms with Crippen molar-refractivity contribution in [2.24, 2.45) is 11.8 Å². The maximum atomic E-state index is 13.5. The summed E-state index contributed by atoms with van der Waals surface area (Å²) in [6, 6.07) is 7.31. The zero-order valence-corrected chi connectivity index (χ0v) is 18.0. The van der Waals surface area contributed by atoms with Gasteiger partial charge in [-0.05, 0) is 55.4 Å².